The van der Waals surface area contributed by atoms with Crippen molar-refractivity contribution in [1.82, 2.24) is 9.97 Å². The highest BCUT2D eigenvalue weighted by Gasteiger charge is 2.34. The van der Waals surface area contributed by atoms with E-state index in [9.17, 15) is 28.1 Å². The molecular weight excluding hydrogens is 505 g/mol. The van der Waals surface area contributed by atoms with Gasteiger partial charge in [-0.3, -0.25) is 14.9 Å². The SMILES string of the molecule is C[C@H](Sc1nc(-c2ccccc2)cc(C(F)(F)F)n1)C(=O)Nc1ccc(-c2ccccc2[N+](=O)[O-])cc1. The molecule has 4 aromatic rings. The quantitative estimate of drug-likeness (QED) is 0.123. The van der Waals surface area contributed by atoms with Gasteiger partial charge in [0.2, 0.25) is 5.91 Å². The van der Waals surface area contributed by atoms with E-state index < -0.39 is 28.0 Å². The molecule has 1 atom stereocenters. The number of carbonyl (C=O) groups excluding carboxylic acids is 1. The van der Waals surface area contributed by atoms with Crippen LogP contribution >= 0.6 is 11.8 Å². The number of thioether (sulfide) groups is 1. The molecule has 0 fully saturated rings. The van der Waals surface area contributed by atoms with Gasteiger partial charge in [0.05, 0.1) is 21.4 Å². The number of nitro benzene ring substituents is 1. The molecule has 0 aliphatic carbocycles. The zero-order valence-electron chi connectivity index (χ0n) is 19.3. The van der Waals surface area contributed by atoms with Gasteiger partial charge in [-0.05, 0) is 36.8 Å². The molecule has 1 N–H and O–H groups in total. The summed E-state index contributed by atoms with van der Waals surface area (Å²) < 4.78 is 40.4. The van der Waals surface area contributed by atoms with Crippen molar-refractivity contribution in [3.05, 3.63) is 101 Å². The fourth-order valence-corrected chi connectivity index (χ4v) is 4.23. The highest BCUT2D eigenvalue weighted by molar-refractivity contribution is 8.00. The molecule has 0 saturated heterocycles. The molecule has 7 nitrogen and oxygen atoms in total. The van der Waals surface area contributed by atoms with Gasteiger partial charge >= 0.3 is 6.18 Å². The van der Waals surface area contributed by atoms with Crippen LogP contribution in [0.15, 0.2) is 90.1 Å². The van der Waals surface area contributed by atoms with Crippen LogP contribution in [-0.2, 0) is 11.0 Å². The Kier molecular flexibility index (Phi) is 7.53. The van der Waals surface area contributed by atoms with Crippen LogP contribution in [0.1, 0.15) is 12.6 Å². The lowest BCUT2D eigenvalue weighted by molar-refractivity contribution is -0.384. The molecule has 4 rings (SSSR count). The van der Waals surface area contributed by atoms with E-state index in [1.165, 1.54) is 13.0 Å². The summed E-state index contributed by atoms with van der Waals surface area (Å²) in [7, 11) is 0. The van der Waals surface area contributed by atoms with Crippen molar-refractivity contribution in [3.63, 3.8) is 0 Å². The molecule has 0 bridgehead atoms. The van der Waals surface area contributed by atoms with E-state index in [0.717, 1.165) is 17.8 Å². The van der Waals surface area contributed by atoms with E-state index >= 15 is 0 Å². The van der Waals surface area contributed by atoms with Crippen LogP contribution in [0.2, 0.25) is 0 Å². The van der Waals surface area contributed by atoms with Crippen molar-refractivity contribution in [2.24, 2.45) is 0 Å². The summed E-state index contributed by atoms with van der Waals surface area (Å²) in [5.74, 6) is -0.467. The fraction of sp³-hybridized carbons (Fsp3) is 0.115. The highest BCUT2D eigenvalue weighted by Crippen LogP contribution is 2.33. The van der Waals surface area contributed by atoms with Gasteiger partial charge in [-0.15, -0.1) is 0 Å². The number of hydrogen-bond donors (Lipinski definition) is 1. The number of anilines is 1. The first-order valence-electron chi connectivity index (χ1n) is 10.9. The molecule has 37 heavy (non-hydrogen) atoms. The van der Waals surface area contributed by atoms with Gasteiger partial charge < -0.3 is 5.32 Å². The van der Waals surface area contributed by atoms with Crippen LogP contribution in [0.5, 0.6) is 0 Å². The number of rotatable bonds is 7. The Morgan fingerprint density at radius 3 is 2.24 bits per heavy atom. The number of alkyl halides is 3. The van der Waals surface area contributed by atoms with E-state index in [4.69, 9.17) is 0 Å². The lowest BCUT2D eigenvalue weighted by atomic mass is 10.0. The molecule has 0 spiro atoms. The smallest absolute Gasteiger partial charge is 0.325 e. The molecule has 0 aliphatic heterocycles. The molecule has 1 amide bonds. The maximum atomic E-state index is 13.5. The van der Waals surface area contributed by atoms with Gasteiger partial charge in [-0.2, -0.15) is 13.2 Å². The molecule has 0 unspecified atom stereocenters. The summed E-state index contributed by atoms with van der Waals surface area (Å²) in [6.07, 6.45) is -4.68. The minimum atomic E-state index is -4.68. The van der Waals surface area contributed by atoms with Crippen LogP contribution < -0.4 is 5.32 Å². The fourth-order valence-electron chi connectivity index (χ4n) is 3.45. The third kappa shape index (κ3) is 6.31. The minimum Gasteiger partial charge on any atom is -0.325 e. The number of nitrogens with one attached hydrogen (secondary N) is 1. The van der Waals surface area contributed by atoms with E-state index in [1.54, 1.807) is 72.8 Å². The Balaban J connectivity index is 1.50. The number of benzene rings is 3. The first-order chi connectivity index (χ1) is 17.6. The normalized spacial score (nSPS) is 12.1. The summed E-state index contributed by atoms with van der Waals surface area (Å²) in [4.78, 5) is 31.4. The first-order valence-corrected chi connectivity index (χ1v) is 11.8. The topological polar surface area (TPSA) is 98.0 Å². The van der Waals surface area contributed by atoms with Gasteiger partial charge in [-0.25, -0.2) is 9.97 Å². The van der Waals surface area contributed by atoms with Gasteiger partial charge in [0.1, 0.15) is 5.69 Å². The summed E-state index contributed by atoms with van der Waals surface area (Å²) in [5.41, 5.74) is 0.914. The van der Waals surface area contributed by atoms with E-state index in [2.05, 4.69) is 15.3 Å². The zero-order valence-corrected chi connectivity index (χ0v) is 20.1. The summed E-state index contributed by atoms with van der Waals surface area (Å²) in [5, 5.41) is 13.0. The van der Waals surface area contributed by atoms with Crippen LogP contribution in [0.3, 0.4) is 0 Å². The standard InChI is InChI=1S/C26H19F3N4O3S/c1-16(37-25-31-21(18-7-3-2-4-8-18)15-23(32-25)26(27,28)29)24(34)30-19-13-11-17(12-14-19)20-9-5-6-10-22(20)33(35)36/h2-16H,1H3,(H,30,34)/t16-/m0/s1. The molecule has 0 radical (unpaired) electrons. The lowest BCUT2D eigenvalue weighted by Gasteiger charge is -2.14. The Morgan fingerprint density at radius 2 is 1.59 bits per heavy atom. The average molecular weight is 525 g/mol. The summed E-state index contributed by atoms with van der Waals surface area (Å²) in [6, 6.07) is 22.0. The van der Waals surface area contributed by atoms with E-state index in [0.29, 0.717) is 22.4 Å². The van der Waals surface area contributed by atoms with Gasteiger partial charge in [0.15, 0.2) is 5.16 Å². The second kappa shape index (κ2) is 10.8. The number of aromatic nitrogens is 2. The molecule has 188 valence electrons. The Morgan fingerprint density at radius 1 is 0.946 bits per heavy atom. The Hall–Kier alpha value is -4.25. The van der Waals surface area contributed by atoms with Gasteiger partial charge in [0.25, 0.3) is 5.69 Å². The third-order valence-corrected chi connectivity index (χ3v) is 6.24. The van der Waals surface area contributed by atoms with Crippen LogP contribution in [0.25, 0.3) is 22.4 Å². The number of halogens is 3. The molecule has 1 heterocycles. The summed E-state index contributed by atoms with van der Waals surface area (Å²) in [6.45, 7) is 1.54. The van der Waals surface area contributed by atoms with Gasteiger partial charge in [0, 0.05) is 17.3 Å². The predicted octanol–water partition coefficient (Wildman–Crippen LogP) is 6.86. The van der Waals surface area contributed by atoms with Crippen molar-refractivity contribution < 1.29 is 22.9 Å². The zero-order chi connectivity index (χ0) is 26.6. The lowest BCUT2D eigenvalue weighted by Crippen LogP contribution is -2.23. The number of carbonyl (C=O) groups is 1. The molecule has 11 heteroatoms. The van der Waals surface area contributed by atoms with Crippen LogP contribution in [0.4, 0.5) is 24.5 Å². The number of nitro groups is 1. The number of hydrogen-bond acceptors (Lipinski definition) is 6. The van der Waals surface area contributed by atoms with Crippen molar-refractivity contribution >= 4 is 29.0 Å². The molecule has 1 aromatic heterocycles. The summed E-state index contributed by atoms with van der Waals surface area (Å²) >= 11 is 0.806. The molecular formula is C26H19F3N4O3S. The molecule has 0 aliphatic rings. The van der Waals surface area contributed by atoms with Crippen molar-refractivity contribution in [1.29, 1.82) is 0 Å². The highest BCUT2D eigenvalue weighted by atomic mass is 32.2. The van der Waals surface area contributed by atoms with Crippen molar-refractivity contribution in [2.75, 3.05) is 5.32 Å². The van der Waals surface area contributed by atoms with Crippen molar-refractivity contribution in [2.45, 2.75) is 23.5 Å². The molecule has 3 aromatic carbocycles. The second-order valence-electron chi connectivity index (χ2n) is 7.89. The first kappa shape index (κ1) is 25.8. The maximum Gasteiger partial charge on any atom is 0.433 e. The van der Waals surface area contributed by atoms with E-state index in [1.807, 2.05) is 0 Å². The number of para-hydroxylation sites is 1. The third-order valence-electron chi connectivity index (χ3n) is 5.28. The van der Waals surface area contributed by atoms with Crippen LogP contribution in [0, 0.1) is 10.1 Å². The largest absolute Gasteiger partial charge is 0.433 e. The monoisotopic (exact) mass is 524 g/mol. The van der Waals surface area contributed by atoms with Crippen LogP contribution in [-0.4, -0.2) is 26.0 Å². The van der Waals surface area contributed by atoms with E-state index in [-0.39, 0.29) is 16.5 Å². The van der Waals surface area contributed by atoms with Gasteiger partial charge in [-0.1, -0.05) is 66.4 Å². The minimum absolute atomic E-state index is 0.0414. The number of nitrogens with zero attached hydrogens (tertiary/aromatic N) is 3. The Labute approximate surface area is 213 Å². The van der Waals surface area contributed by atoms with Crippen molar-refractivity contribution in [3.8, 4) is 22.4 Å². The molecule has 0 saturated carbocycles. The Bertz CT molecular complexity index is 1430. The number of amides is 1. The average Bonchev–Trinajstić information content (AvgIpc) is 2.89. The second-order valence-corrected chi connectivity index (χ2v) is 9.19. The maximum absolute atomic E-state index is 13.5. The predicted molar refractivity (Wildman–Crippen MR) is 135 cm³/mol.